The van der Waals surface area contributed by atoms with Gasteiger partial charge in [0.2, 0.25) is 0 Å². The third-order valence-corrected chi connectivity index (χ3v) is 5.01. The van der Waals surface area contributed by atoms with Crippen LogP contribution in [0.5, 0.6) is 0 Å². The number of hydrogen-bond donors (Lipinski definition) is 0. The van der Waals surface area contributed by atoms with E-state index in [0.717, 1.165) is 11.1 Å². The van der Waals surface area contributed by atoms with Crippen LogP contribution >= 0.6 is 0 Å². The monoisotopic (exact) mass is 304 g/mol. The van der Waals surface area contributed by atoms with E-state index in [4.69, 9.17) is 0 Å². The molecule has 0 aliphatic carbocycles. The molecule has 0 radical (unpaired) electrons. The summed E-state index contributed by atoms with van der Waals surface area (Å²) in [5, 5.41) is 0. The number of aryl methyl sites for hydroxylation is 1. The van der Waals surface area contributed by atoms with E-state index in [1.54, 1.807) is 24.5 Å². The maximum absolute atomic E-state index is 12.3. The lowest BCUT2D eigenvalue weighted by Crippen LogP contribution is -2.25. The maximum Gasteiger partial charge on any atom is 0.179 e. The van der Waals surface area contributed by atoms with Crippen LogP contribution in [-0.4, -0.2) is 37.6 Å². The highest BCUT2D eigenvalue weighted by atomic mass is 32.2. The Labute approximate surface area is 126 Å². The van der Waals surface area contributed by atoms with Gasteiger partial charge in [-0.3, -0.25) is 4.98 Å². The Bertz CT molecular complexity index is 667. The molecule has 1 heterocycles. The van der Waals surface area contributed by atoms with Crippen molar-refractivity contribution in [3.8, 4) is 0 Å². The molecular weight excluding hydrogens is 284 g/mol. The van der Waals surface area contributed by atoms with Gasteiger partial charge in [0.1, 0.15) is 0 Å². The zero-order valence-corrected chi connectivity index (χ0v) is 13.2. The van der Waals surface area contributed by atoms with E-state index in [1.807, 2.05) is 43.1 Å². The summed E-state index contributed by atoms with van der Waals surface area (Å²) in [7, 11) is -1.31. The van der Waals surface area contributed by atoms with Gasteiger partial charge in [0.15, 0.2) is 9.84 Å². The molecule has 1 aromatic heterocycles. The Morgan fingerprint density at radius 3 is 2.48 bits per heavy atom. The highest BCUT2D eigenvalue weighted by Crippen LogP contribution is 2.12. The van der Waals surface area contributed by atoms with Crippen molar-refractivity contribution in [3.63, 3.8) is 0 Å². The number of sulfone groups is 1. The predicted octanol–water partition coefficient (Wildman–Crippen LogP) is 2.30. The molecule has 0 fully saturated rings. The Kier molecular flexibility index (Phi) is 5.09. The second-order valence-electron chi connectivity index (χ2n) is 5.23. The van der Waals surface area contributed by atoms with Gasteiger partial charge in [0, 0.05) is 25.5 Å². The van der Waals surface area contributed by atoms with E-state index < -0.39 is 9.84 Å². The second-order valence-corrected chi connectivity index (χ2v) is 7.34. The third-order valence-electron chi connectivity index (χ3n) is 3.30. The lowest BCUT2D eigenvalue weighted by molar-refractivity contribution is 0.345. The Morgan fingerprint density at radius 1 is 1.14 bits per heavy atom. The molecule has 2 aromatic rings. The highest BCUT2D eigenvalue weighted by Gasteiger charge is 2.15. The number of rotatable bonds is 6. The topological polar surface area (TPSA) is 50.3 Å². The van der Waals surface area contributed by atoms with Crippen LogP contribution in [-0.2, 0) is 16.4 Å². The molecule has 0 saturated heterocycles. The van der Waals surface area contributed by atoms with Gasteiger partial charge in [-0.15, -0.1) is 0 Å². The molecule has 21 heavy (non-hydrogen) atoms. The van der Waals surface area contributed by atoms with E-state index in [1.165, 1.54) is 0 Å². The summed E-state index contributed by atoms with van der Waals surface area (Å²) >= 11 is 0. The van der Waals surface area contributed by atoms with Crippen molar-refractivity contribution in [2.45, 2.75) is 18.4 Å². The minimum absolute atomic E-state index is 0.118. The van der Waals surface area contributed by atoms with Crippen LogP contribution in [0.4, 0.5) is 0 Å². The zero-order chi connectivity index (χ0) is 15.3. The number of benzene rings is 1. The molecule has 5 heteroatoms. The Balaban J connectivity index is 1.94. The van der Waals surface area contributed by atoms with E-state index in [9.17, 15) is 8.42 Å². The molecule has 0 N–H and O–H groups in total. The quantitative estimate of drug-likeness (QED) is 0.821. The molecule has 0 spiro atoms. The van der Waals surface area contributed by atoms with E-state index in [0.29, 0.717) is 18.0 Å². The molecule has 112 valence electrons. The summed E-state index contributed by atoms with van der Waals surface area (Å²) < 4.78 is 24.5. The minimum atomic E-state index is -3.22. The molecule has 0 atom stereocenters. The van der Waals surface area contributed by atoms with Gasteiger partial charge in [0.25, 0.3) is 0 Å². The lowest BCUT2D eigenvalue weighted by atomic mass is 10.2. The zero-order valence-electron chi connectivity index (χ0n) is 12.4. The van der Waals surface area contributed by atoms with Crippen LogP contribution in [0.3, 0.4) is 0 Å². The molecule has 0 aliphatic heterocycles. The van der Waals surface area contributed by atoms with E-state index in [2.05, 4.69) is 4.98 Å². The summed E-state index contributed by atoms with van der Waals surface area (Å²) in [6.07, 6.45) is 3.52. The summed E-state index contributed by atoms with van der Waals surface area (Å²) in [5.74, 6) is 0.118. The van der Waals surface area contributed by atoms with Crippen LogP contribution in [0.2, 0.25) is 0 Å². The fraction of sp³-hybridized carbons (Fsp3) is 0.312. The number of nitrogens with zero attached hydrogens (tertiary/aromatic N) is 2. The van der Waals surface area contributed by atoms with Gasteiger partial charge in [-0.25, -0.2) is 8.42 Å². The summed E-state index contributed by atoms with van der Waals surface area (Å²) in [4.78, 5) is 6.44. The van der Waals surface area contributed by atoms with E-state index >= 15 is 0 Å². The average Bonchev–Trinajstić information content (AvgIpc) is 2.47. The molecule has 0 saturated carbocycles. The van der Waals surface area contributed by atoms with Crippen LogP contribution in [0.25, 0.3) is 0 Å². The van der Waals surface area contributed by atoms with Crippen molar-refractivity contribution in [2.75, 3.05) is 19.3 Å². The number of aromatic nitrogens is 1. The summed E-state index contributed by atoms with van der Waals surface area (Å²) in [5.41, 5.74) is 2.13. The number of pyridine rings is 1. The first-order valence-electron chi connectivity index (χ1n) is 6.84. The second kappa shape index (κ2) is 6.83. The fourth-order valence-electron chi connectivity index (χ4n) is 2.02. The van der Waals surface area contributed by atoms with Gasteiger partial charge in [-0.05, 0) is 37.7 Å². The van der Waals surface area contributed by atoms with Crippen molar-refractivity contribution in [1.29, 1.82) is 0 Å². The molecular formula is C16H20N2O2S. The van der Waals surface area contributed by atoms with Gasteiger partial charge < -0.3 is 4.90 Å². The summed E-state index contributed by atoms with van der Waals surface area (Å²) in [6, 6.07) is 10.9. The largest absolute Gasteiger partial charge is 0.301 e. The van der Waals surface area contributed by atoms with Crippen LogP contribution in [0, 0.1) is 6.92 Å². The van der Waals surface area contributed by atoms with Gasteiger partial charge in [-0.2, -0.15) is 0 Å². The predicted molar refractivity (Wildman–Crippen MR) is 83.8 cm³/mol. The molecule has 0 amide bonds. The first-order chi connectivity index (χ1) is 9.97. The van der Waals surface area contributed by atoms with Crippen LogP contribution in [0.15, 0.2) is 53.7 Å². The molecule has 2 rings (SSSR count). The minimum Gasteiger partial charge on any atom is -0.301 e. The first-order valence-corrected chi connectivity index (χ1v) is 8.49. The van der Waals surface area contributed by atoms with Crippen molar-refractivity contribution >= 4 is 9.84 Å². The maximum atomic E-state index is 12.3. The smallest absolute Gasteiger partial charge is 0.179 e. The number of hydrogen-bond acceptors (Lipinski definition) is 4. The van der Waals surface area contributed by atoms with Crippen LogP contribution < -0.4 is 0 Å². The van der Waals surface area contributed by atoms with Gasteiger partial charge >= 0.3 is 0 Å². The molecule has 0 unspecified atom stereocenters. The van der Waals surface area contributed by atoms with Gasteiger partial charge in [0.05, 0.1) is 10.6 Å². The summed E-state index contributed by atoms with van der Waals surface area (Å²) in [6.45, 7) is 3.13. The van der Waals surface area contributed by atoms with Crippen molar-refractivity contribution < 1.29 is 8.42 Å². The normalized spacial score (nSPS) is 11.8. The molecule has 4 nitrogen and oxygen atoms in total. The van der Waals surface area contributed by atoms with Crippen molar-refractivity contribution in [3.05, 3.63) is 59.9 Å². The average molecular weight is 304 g/mol. The highest BCUT2D eigenvalue weighted by molar-refractivity contribution is 7.91. The molecule has 0 bridgehead atoms. The SMILES string of the molecule is Cc1ccc(S(=O)(=O)CCN(C)Cc2cccnc2)cc1. The fourth-order valence-corrected chi connectivity index (χ4v) is 3.36. The molecule has 1 aromatic carbocycles. The molecule has 0 aliphatic rings. The van der Waals surface area contributed by atoms with Crippen LogP contribution in [0.1, 0.15) is 11.1 Å². The third kappa shape index (κ3) is 4.65. The lowest BCUT2D eigenvalue weighted by Gasteiger charge is -2.16. The standard InChI is InChI=1S/C16H20N2O2S/c1-14-5-7-16(8-6-14)21(19,20)11-10-18(2)13-15-4-3-9-17-12-15/h3-9,12H,10-11,13H2,1-2H3. The Hall–Kier alpha value is -1.72. The van der Waals surface area contributed by atoms with Crippen molar-refractivity contribution in [1.82, 2.24) is 9.88 Å². The van der Waals surface area contributed by atoms with E-state index in [-0.39, 0.29) is 5.75 Å². The van der Waals surface area contributed by atoms with Gasteiger partial charge in [-0.1, -0.05) is 23.8 Å². The first kappa shape index (κ1) is 15.7. The van der Waals surface area contributed by atoms with Crippen molar-refractivity contribution in [2.24, 2.45) is 0 Å². The Morgan fingerprint density at radius 2 is 1.86 bits per heavy atom.